The third-order valence-corrected chi connectivity index (χ3v) is 4.81. The second kappa shape index (κ2) is 9.59. The molecule has 5 heteroatoms. The van der Waals surface area contributed by atoms with Gasteiger partial charge < -0.3 is 15.4 Å². The van der Waals surface area contributed by atoms with Crippen LogP contribution in [0, 0.1) is 0 Å². The molecule has 0 bridgehead atoms. The van der Waals surface area contributed by atoms with Crippen LogP contribution in [0.25, 0.3) is 10.8 Å². The van der Waals surface area contributed by atoms with Crippen molar-refractivity contribution in [1.82, 2.24) is 5.32 Å². The van der Waals surface area contributed by atoms with Gasteiger partial charge in [0.2, 0.25) is 5.91 Å². The first-order valence-corrected chi connectivity index (χ1v) is 10.0. The standard InChI is InChI=1S/C26H22N2O3/c29-25(17-27-26(30)22-11-10-20-8-4-5-9-21(20)16-22)28-23-12-14-24(15-13-23)31-18-19-6-2-1-3-7-19/h1-16H,17-18H2,(H,27,30)(H,28,29). The maximum atomic E-state index is 12.4. The minimum absolute atomic E-state index is 0.113. The first-order chi connectivity index (χ1) is 15.2. The molecule has 0 radical (unpaired) electrons. The minimum Gasteiger partial charge on any atom is -0.489 e. The largest absolute Gasteiger partial charge is 0.489 e. The fraction of sp³-hybridized carbons (Fsp3) is 0.0769. The van der Waals surface area contributed by atoms with Gasteiger partial charge in [0.15, 0.2) is 0 Å². The van der Waals surface area contributed by atoms with Crippen LogP contribution in [0.4, 0.5) is 5.69 Å². The van der Waals surface area contributed by atoms with Crippen LogP contribution in [-0.4, -0.2) is 18.4 Å². The van der Waals surface area contributed by atoms with Gasteiger partial charge in [-0.15, -0.1) is 0 Å². The van der Waals surface area contributed by atoms with Crippen molar-refractivity contribution in [3.05, 3.63) is 108 Å². The Morgan fingerprint density at radius 3 is 2.23 bits per heavy atom. The third-order valence-electron chi connectivity index (χ3n) is 4.81. The Balaban J connectivity index is 1.26. The molecule has 0 saturated carbocycles. The predicted molar refractivity (Wildman–Crippen MR) is 122 cm³/mol. The molecule has 0 fully saturated rings. The zero-order valence-corrected chi connectivity index (χ0v) is 16.9. The Bertz CT molecular complexity index is 1190. The maximum Gasteiger partial charge on any atom is 0.251 e. The van der Waals surface area contributed by atoms with E-state index in [1.165, 1.54) is 0 Å². The molecule has 4 aromatic carbocycles. The van der Waals surface area contributed by atoms with Crippen LogP contribution in [0.15, 0.2) is 97.1 Å². The lowest BCUT2D eigenvalue weighted by Crippen LogP contribution is -2.32. The summed E-state index contributed by atoms with van der Waals surface area (Å²) in [4.78, 5) is 24.6. The number of carbonyl (C=O) groups is 2. The molecular weight excluding hydrogens is 388 g/mol. The number of fused-ring (bicyclic) bond motifs is 1. The molecule has 31 heavy (non-hydrogen) atoms. The van der Waals surface area contributed by atoms with Crippen molar-refractivity contribution in [2.24, 2.45) is 0 Å². The molecule has 0 aliphatic carbocycles. The van der Waals surface area contributed by atoms with E-state index in [-0.39, 0.29) is 18.4 Å². The van der Waals surface area contributed by atoms with Crippen LogP contribution in [0.5, 0.6) is 5.75 Å². The number of amides is 2. The highest BCUT2D eigenvalue weighted by atomic mass is 16.5. The summed E-state index contributed by atoms with van der Waals surface area (Å²) in [7, 11) is 0. The molecule has 4 rings (SSSR count). The third kappa shape index (κ3) is 5.48. The lowest BCUT2D eigenvalue weighted by atomic mass is 10.1. The molecule has 0 aliphatic rings. The number of benzene rings is 4. The van der Waals surface area contributed by atoms with Gasteiger partial charge in [0.1, 0.15) is 12.4 Å². The van der Waals surface area contributed by atoms with Crippen LogP contribution in [0.1, 0.15) is 15.9 Å². The number of carbonyl (C=O) groups excluding carboxylic acids is 2. The molecule has 2 amide bonds. The summed E-state index contributed by atoms with van der Waals surface area (Å²) >= 11 is 0. The topological polar surface area (TPSA) is 67.4 Å². The second-order valence-electron chi connectivity index (χ2n) is 7.09. The average Bonchev–Trinajstić information content (AvgIpc) is 2.82. The van der Waals surface area contributed by atoms with Gasteiger partial charge in [-0.3, -0.25) is 9.59 Å². The van der Waals surface area contributed by atoms with E-state index in [9.17, 15) is 9.59 Å². The summed E-state index contributed by atoms with van der Waals surface area (Å²) in [5.74, 6) is 0.129. The number of rotatable bonds is 7. The Hall–Kier alpha value is -4.12. The van der Waals surface area contributed by atoms with Crippen LogP contribution in [-0.2, 0) is 11.4 Å². The number of ether oxygens (including phenoxy) is 1. The van der Waals surface area contributed by atoms with Crippen molar-refractivity contribution in [3.63, 3.8) is 0 Å². The van der Waals surface area contributed by atoms with Gasteiger partial charge in [0.25, 0.3) is 5.91 Å². The SMILES string of the molecule is O=C(CNC(=O)c1ccc2ccccc2c1)Nc1ccc(OCc2ccccc2)cc1. The van der Waals surface area contributed by atoms with Gasteiger partial charge in [-0.1, -0.05) is 60.7 Å². The number of anilines is 1. The fourth-order valence-electron chi connectivity index (χ4n) is 3.17. The smallest absolute Gasteiger partial charge is 0.251 e. The van der Waals surface area contributed by atoms with Crippen molar-refractivity contribution in [3.8, 4) is 5.75 Å². The summed E-state index contributed by atoms with van der Waals surface area (Å²) in [5.41, 5.74) is 2.24. The second-order valence-corrected chi connectivity index (χ2v) is 7.09. The quantitative estimate of drug-likeness (QED) is 0.460. The number of hydrogen-bond donors (Lipinski definition) is 2. The van der Waals surface area contributed by atoms with E-state index < -0.39 is 0 Å². The summed E-state index contributed by atoms with van der Waals surface area (Å²) in [5, 5.41) is 7.47. The van der Waals surface area contributed by atoms with E-state index in [0.29, 0.717) is 23.6 Å². The highest BCUT2D eigenvalue weighted by Gasteiger charge is 2.09. The van der Waals surface area contributed by atoms with Gasteiger partial charge in [-0.2, -0.15) is 0 Å². The van der Waals surface area contributed by atoms with Gasteiger partial charge in [-0.25, -0.2) is 0 Å². The van der Waals surface area contributed by atoms with Gasteiger partial charge in [0.05, 0.1) is 6.54 Å². The molecule has 0 atom stereocenters. The van der Waals surface area contributed by atoms with Crippen LogP contribution in [0.2, 0.25) is 0 Å². The highest BCUT2D eigenvalue weighted by Crippen LogP contribution is 2.17. The molecule has 0 spiro atoms. The molecule has 0 aliphatic heterocycles. The monoisotopic (exact) mass is 410 g/mol. The maximum absolute atomic E-state index is 12.4. The summed E-state index contributed by atoms with van der Waals surface area (Å²) in [6.07, 6.45) is 0. The molecule has 5 nitrogen and oxygen atoms in total. The van der Waals surface area contributed by atoms with E-state index in [4.69, 9.17) is 4.74 Å². The molecular formula is C26H22N2O3. The Labute approximate surface area is 180 Å². The van der Waals surface area contributed by atoms with E-state index in [2.05, 4.69) is 10.6 Å². The van der Waals surface area contributed by atoms with E-state index in [1.807, 2.05) is 66.7 Å². The van der Waals surface area contributed by atoms with E-state index in [1.54, 1.807) is 30.3 Å². The van der Waals surface area contributed by atoms with E-state index >= 15 is 0 Å². The molecule has 2 N–H and O–H groups in total. The van der Waals surface area contributed by atoms with Crippen molar-refractivity contribution in [2.75, 3.05) is 11.9 Å². The van der Waals surface area contributed by atoms with E-state index in [0.717, 1.165) is 16.3 Å². The summed E-state index contributed by atoms with van der Waals surface area (Å²) in [6.45, 7) is 0.366. The van der Waals surface area contributed by atoms with Crippen LogP contribution >= 0.6 is 0 Å². The zero-order chi connectivity index (χ0) is 21.5. The van der Waals surface area contributed by atoms with Gasteiger partial charge >= 0.3 is 0 Å². The van der Waals surface area contributed by atoms with Crippen LogP contribution in [0.3, 0.4) is 0 Å². The lowest BCUT2D eigenvalue weighted by Gasteiger charge is -2.09. The highest BCUT2D eigenvalue weighted by molar-refractivity contribution is 6.01. The summed E-state index contributed by atoms with van der Waals surface area (Å²) in [6, 6.07) is 30.3. The fourth-order valence-corrected chi connectivity index (χ4v) is 3.17. The molecule has 0 unspecified atom stereocenters. The zero-order valence-electron chi connectivity index (χ0n) is 16.9. The first-order valence-electron chi connectivity index (χ1n) is 10.0. The molecule has 154 valence electrons. The van der Waals surface area contributed by atoms with Crippen LogP contribution < -0.4 is 15.4 Å². The van der Waals surface area contributed by atoms with Crippen molar-refractivity contribution < 1.29 is 14.3 Å². The molecule has 0 heterocycles. The Morgan fingerprint density at radius 2 is 1.45 bits per heavy atom. The van der Waals surface area contributed by atoms with Crippen molar-refractivity contribution in [1.29, 1.82) is 0 Å². The summed E-state index contributed by atoms with van der Waals surface area (Å²) < 4.78 is 5.74. The van der Waals surface area contributed by atoms with Crippen molar-refractivity contribution >= 4 is 28.3 Å². The lowest BCUT2D eigenvalue weighted by molar-refractivity contribution is -0.115. The number of hydrogen-bond acceptors (Lipinski definition) is 3. The number of nitrogens with one attached hydrogen (secondary N) is 2. The molecule has 0 saturated heterocycles. The normalized spacial score (nSPS) is 10.5. The van der Waals surface area contributed by atoms with Gasteiger partial charge in [-0.05, 0) is 52.7 Å². The average molecular weight is 410 g/mol. The Kier molecular flexibility index (Phi) is 6.24. The predicted octanol–water partition coefficient (Wildman–Crippen LogP) is 4.79. The first kappa shape index (κ1) is 20.2. The Morgan fingerprint density at radius 1 is 0.742 bits per heavy atom. The molecule has 4 aromatic rings. The minimum atomic E-state index is -0.299. The van der Waals surface area contributed by atoms with Crippen molar-refractivity contribution in [2.45, 2.75) is 6.61 Å². The van der Waals surface area contributed by atoms with Gasteiger partial charge in [0, 0.05) is 11.3 Å². The molecule has 0 aromatic heterocycles.